The van der Waals surface area contributed by atoms with Crippen molar-refractivity contribution in [2.75, 3.05) is 6.61 Å². The highest BCUT2D eigenvalue weighted by molar-refractivity contribution is 5.66. The molecule has 19 unspecified atom stereocenters. The highest BCUT2D eigenvalue weighted by Gasteiger charge is 2.53. The quantitative estimate of drug-likeness (QED) is 0.120. The second kappa shape index (κ2) is 14.6. The molecular weight excluding hydrogens is 604 g/mol. The lowest BCUT2D eigenvalue weighted by Gasteiger charge is -2.51. The Balaban J connectivity index is 1.30. The molecule has 0 spiro atoms. The Morgan fingerprint density at radius 3 is 2.16 bits per heavy atom. The molecule has 0 radical (unpaired) electrons. The molecule has 2 aliphatic carbocycles. The maximum atomic E-state index is 11.6. The van der Waals surface area contributed by atoms with E-state index in [1.165, 1.54) is 6.92 Å². The van der Waals surface area contributed by atoms with Crippen molar-refractivity contribution in [3.63, 3.8) is 0 Å². The lowest BCUT2D eigenvalue weighted by molar-refractivity contribution is -0.346. The third-order valence-electron chi connectivity index (χ3n) is 9.97. The Morgan fingerprint density at radius 2 is 1.47 bits per heavy atom. The van der Waals surface area contributed by atoms with Gasteiger partial charge in [0.1, 0.15) is 36.6 Å². The standard InChI is InChI=1S/C29H48O16/c1-10-21(35)24(38)27(42-11(2)30)29(41-10)40-9-20-22(36)23(37)25(39)28(45-20)44-19-8-14-16(33)6-13(31)7-18(14)43-26(19)12-3-4-15(32)17(34)5-12/h10,12-29,31-39H,3-9H2,1-2H3. The third kappa shape index (κ3) is 7.65. The highest BCUT2D eigenvalue weighted by Crippen LogP contribution is 2.43. The fourth-order valence-electron chi connectivity index (χ4n) is 7.39. The second-order valence-electron chi connectivity index (χ2n) is 13.2. The van der Waals surface area contributed by atoms with Crippen molar-refractivity contribution in [3.05, 3.63) is 0 Å². The van der Waals surface area contributed by atoms with Crippen molar-refractivity contribution in [2.45, 2.75) is 157 Å². The Morgan fingerprint density at radius 1 is 0.733 bits per heavy atom. The summed E-state index contributed by atoms with van der Waals surface area (Å²) in [7, 11) is 0. The maximum absolute atomic E-state index is 11.6. The molecule has 16 heteroatoms. The summed E-state index contributed by atoms with van der Waals surface area (Å²) in [5.74, 6) is -1.44. The molecule has 16 nitrogen and oxygen atoms in total. The van der Waals surface area contributed by atoms with Crippen molar-refractivity contribution in [1.29, 1.82) is 0 Å². The number of hydrogen-bond donors (Lipinski definition) is 9. The van der Waals surface area contributed by atoms with Gasteiger partial charge in [-0.15, -0.1) is 0 Å². The average molecular weight is 653 g/mol. The first-order valence-corrected chi connectivity index (χ1v) is 15.8. The Labute approximate surface area is 260 Å². The van der Waals surface area contributed by atoms with Gasteiger partial charge >= 0.3 is 5.97 Å². The first-order valence-electron chi connectivity index (χ1n) is 15.8. The summed E-state index contributed by atoms with van der Waals surface area (Å²) in [5, 5.41) is 94.4. The van der Waals surface area contributed by atoms with Gasteiger partial charge in [0, 0.05) is 12.8 Å². The van der Waals surface area contributed by atoms with Crippen LogP contribution < -0.4 is 0 Å². The third-order valence-corrected chi connectivity index (χ3v) is 9.97. The molecule has 9 N–H and O–H groups in total. The van der Waals surface area contributed by atoms with Crippen molar-refractivity contribution in [2.24, 2.45) is 11.8 Å². The van der Waals surface area contributed by atoms with Crippen LogP contribution in [0.3, 0.4) is 0 Å². The first-order chi connectivity index (χ1) is 21.2. The zero-order chi connectivity index (χ0) is 32.7. The predicted octanol–water partition coefficient (Wildman–Crippen LogP) is -3.59. The number of aliphatic hydroxyl groups is 9. The van der Waals surface area contributed by atoms with E-state index in [4.69, 9.17) is 28.4 Å². The molecule has 2 saturated carbocycles. The van der Waals surface area contributed by atoms with Crippen LogP contribution in [0.25, 0.3) is 0 Å². The Hall–Kier alpha value is -1.09. The smallest absolute Gasteiger partial charge is 0.303 e. The van der Waals surface area contributed by atoms with Crippen LogP contribution >= 0.6 is 0 Å². The molecular formula is C29H48O16. The molecule has 5 fully saturated rings. The number of rotatable bonds is 7. The van der Waals surface area contributed by atoms with E-state index >= 15 is 0 Å². The average Bonchev–Trinajstić information content (AvgIpc) is 2.98. The number of fused-ring (bicyclic) bond motifs is 1. The number of hydrogen-bond acceptors (Lipinski definition) is 16. The zero-order valence-corrected chi connectivity index (χ0v) is 25.3. The van der Waals surface area contributed by atoms with Crippen molar-refractivity contribution >= 4 is 5.97 Å². The fraction of sp³-hybridized carbons (Fsp3) is 0.966. The van der Waals surface area contributed by atoms with Crippen LogP contribution in [0.1, 0.15) is 52.4 Å². The normalized spacial score (nSPS) is 52.6. The summed E-state index contributed by atoms with van der Waals surface area (Å²) in [6.07, 6.45) is -18.2. The van der Waals surface area contributed by atoms with Gasteiger partial charge in [-0.25, -0.2) is 0 Å². The maximum Gasteiger partial charge on any atom is 0.303 e. The van der Waals surface area contributed by atoms with E-state index < -0.39 is 123 Å². The van der Waals surface area contributed by atoms with Crippen LogP contribution in [0, 0.1) is 11.8 Å². The minimum Gasteiger partial charge on any atom is -0.454 e. The van der Waals surface area contributed by atoms with Gasteiger partial charge in [-0.2, -0.15) is 0 Å². The number of carbonyl (C=O) groups excluding carboxylic acids is 1. The summed E-state index contributed by atoms with van der Waals surface area (Å²) in [4.78, 5) is 11.6. The van der Waals surface area contributed by atoms with Crippen LogP contribution in [-0.2, 0) is 33.2 Å². The summed E-state index contributed by atoms with van der Waals surface area (Å²) in [6, 6.07) is 0. The molecule has 19 atom stereocenters. The zero-order valence-electron chi connectivity index (χ0n) is 25.3. The molecule has 260 valence electrons. The molecule has 0 aromatic rings. The van der Waals surface area contributed by atoms with Gasteiger partial charge in [0.25, 0.3) is 0 Å². The van der Waals surface area contributed by atoms with Crippen molar-refractivity contribution in [3.8, 4) is 0 Å². The van der Waals surface area contributed by atoms with E-state index in [-0.39, 0.29) is 25.2 Å². The second-order valence-corrected chi connectivity index (χ2v) is 13.2. The topological polar surface area (TPSA) is 255 Å². The predicted molar refractivity (Wildman–Crippen MR) is 147 cm³/mol. The van der Waals surface area contributed by atoms with E-state index in [0.29, 0.717) is 19.3 Å². The van der Waals surface area contributed by atoms with Crippen LogP contribution in [0.4, 0.5) is 0 Å². The molecule has 3 aliphatic heterocycles. The molecule has 3 saturated heterocycles. The Kier molecular flexibility index (Phi) is 11.4. The summed E-state index contributed by atoms with van der Waals surface area (Å²) < 4.78 is 34.9. The van der Waals surface area contributed by atoms with E-state index in [1.807, 2.05) is 0 Å². The lowest BCUT2D eigenvalue weighted by atomic mass is 9.72. The minimum atomic E-state index is -1.74. The summed E-state index contributed by atoms with van der Waals surface area (Å²) in [6.45, 7) is 2.12. The molecule has 0 aromatic heterocycles. The molecule has 0 bridgehead atoms. The van der Waals surface area contributed by atoms with Gasteiger partial charge in [-0.3, -0.25) is 4.79 Å². The van der Waals surface area contributed by atoms with Gasteiger partial charge in [-0.1, -0.05) is 0 Å². The number of esters is 1. The van der Waals surface area contributed by atoms with Crippen LogP contribution in [0.2, 0.25) is 0 Å². The molecule has 5 rings (SSSR count). The van der Waals surface area contributed by atoms with Crippen LogP contribution in [0.15, 0.2) is 0 Å². The lowest BCUT2D eigenvalue weighted by Crippen LogP contribution is -2.63. The van der Waals surface area contributed by atoms with E-state index in [2.05, 4.69) is 0 Å². The van der Waals surface area contributed by atoms with Crippen molar-refractivity contribution in [1.82, 2.24) is 0 Å². The minimum absolute atomic E-state index is 0.158. The number of carbonyl (C=O) groups is 1. The summed E-state index contributed by atoms with van der Waals surface area (Å²) in [5.41, 5.74) is 0. The number of ether oxygens (including phenoxy) is 6. The largest absolute Gasteiger partial charge is 0.454 e. The van der Waals surface area contributed by atoms with E-state index in [9.17, 15) is 50.8 Å². The van der Waals surface area contributed by atoms with Gasteiger partial charge in [0.2, 0.25) is 0 Å². The van der Waals surface area contributed by atoms with Gasteiger partial charge < -0.3 is 74.4 Å². The fourth-order valence-corrected chi connectivity index (χ4v) is 7.39. The van der Waals surface area contributed by atoms with Gasteiger partial charge in [-0.05, 0) is 51.4 Å². The van der Waals surface area contributed by atoms with Gasteiger partial charge in [0.05, 0.1) is 55.4 Å². The van der Waals surface area contributed by atoms with E-state index in [1.54, 1.807) is 0 Å². The van der Waals surface area contributed by atoms with Crippen LogP contribution in [-0.4, -0.2) is 163 Å². The SMILES string of the molecule is CC(=O)OC1C(OCC2OC(OC3CC4C(O)CC(O)CC4OC3C3CCC(O)C(O)C3)C(O)C(O)C2O)OC(C)C(O)C1O. The van der Waals surface area contributed by atoms with Crippen molar-refractivity contribution < 1.29 is 79.2 Å². The highest BCUT2D eigenvalue weighted by atomic mass is 16.7. The number of aliphatic hydroxyl groups excluding tert-OH is 9. The first kappa shape index (κ1) is 35.2. The molecule has 0 amide bonds. The van der Waals surface area contributed by atoms with Gasteiger partial charge in [0.15, 0.2) is 18.7 Å². The Bertz CT molecular complexity index is 988. The molecule has 3 heterocycles. The molecule has 5 aliphatic rings. The summed E-state index contributed by atoms with van der Waals surface area (Å²) >= 11 is 0. The monoisotopic (exact) mass is 652 g/mol. The molecule has 45 heavy (non-hydrogen) atoms. The van der Waals surface area contributed by atoms with Crippen LogP contribution in [0.5, 0.6) is 0 Å². The van der Waals surface area contributed by atoms with E-state index in [0.717, 1.165) is 6.92 Å². The molecule has 0 aromatic carbocycles.